The van der Waals surface area contributed by atoms with Crippen molar-refractivity contribution in [1.82, 2.24) is 0 Å². The number of thioether (sulfide) groups is 1. The van der Waals surface area contributed by atoms with E-state index in [-0.39, 0.29) is 10.5 Å². The van der Waals surface area contributed by atoms with Gasteiger partial charge in [-0.05, 0) is 12.1 Å². The molecule has 14 heavy (non-hydrogen) atoms. The van der Waals surface area contributed by atoms with E-state index in [9.17, 15) is 4.79 Å². The van der Waals surface area contributed by atoms with E-state index < -0.39 is 0 Å². The number of carbonyl (C=O) groups excluding carboxylic acids is 1. The second kappa shape index (κ2) is 4.69. The highest BCUT2D eigenvalue weighted by Gasteiger charge is 2.14. The Bertz CT molecular complexity index is 283. The van der Waals surface area contributed by atoms with Gasteiger partial charge in [-0.1, -0.05) is 20.8 Å². The van der Waals surface area contributed by atoms with Crippen molar-refractivity contribution in [3.05, 3.63) is 24.2 Å². The summed E-state index contributed by atoms with van der Waals surface area (Å²) in [4.78, 5) is 11.5. The Morgan fingerprint density at radius 3 is 2.71 bits per heavy atom. The van der Waals surface area contributed by atoms with Crippen LogP contribution in [0.3, 0.4) is 0 Å². The molecular formula is C11H16O2S. The number of hydrogen-bond donors (Lipinski definition) is 0. The molecule has 0 N–H and O–H groups in total. The molecule has 78 valence electrons. The molecule has 0 aliphatic rings. The molecule has 1 rings (SSSR count). The fraction of sp³-hybridized carbons (Fsp3) is 0.545. The molecule has 0 amide bonds. The monoisotopic (exact) mass is 212 g/mol. The minimum atomic E-state index is 0.152. The van der Waals surface area contributed by atoms with E-state index in [0.717, 1.165) is 5.76 Å². The smallest absolute Gasteiger partial charge is 0.150 e. The van der Waals surface area contributed by atoms with Gasteiger partial charge in [0.2, 0.25) is 0 Å². The Morgan fingerprint density at radius 2 is 2.21 bits per heavy atom. The van der Waals surface area contributed by atoms with E-state index in [1.165, 1.54) is 0 Å². The number of Topliss-reactive ketones (excluding diaryl/α,β-unsaturated/α-hetero) is 1. The Morgan fingerprint density at radius 1 is 1.50 bits per heavy atom. The zero-order valence-corrected chi connectivity index (χ0v) is 9.69. The zero-order chi connectivity index (χ0) is 10.6. The van der Waals surface area contributed by atoms with Crippen LogP contribution in [-0.2, 0) is 11.2 Å². The molecular weight excluding hydrogens is 196 g/mol. The normalized spacial score (nSPS) is 11.6. The minimum Gasteiger partial charge on any atom is -0.469 e. The van der Waals surface area contributed by atoms with Gasteiger partial charge in [-0.25, -0.2) is 0 Å². The quantitative estimate of drug-likeness (QED) is 0.768. The predicted octanol–water partition coefficient (Wildman–Crippen LogP) is 2.92. The molecule has 0 spiro atoms. The topological polar surface area (TPSA) is 30.2 Å². The molecule has 0 fully saturated rings. The van der Waals surface area contributed by atoms with Crippen molar-refractivity contribution >= 4 is 17.5 Å². The van der Waals surface area contributed by atoms with Crippen LogP contribution in [0.2, 0.25) is 0 Å². The minimum absolute atomic E-state index is 0.152. The molecule has 0 bridgehead atoms. The first-order valence-electron chi connectivity index (χ1n) is 4.65. The largest absolute Gasteiger partial charge is 0.469 e. The van der Waals surface area contributed by atoms with E-state index in [1.54, 1.807) is 24.1 Å². The summed E-state index contributed by atoms with van der Waals surface area (Å²) in [6.07, 6.45) is 2.01. The van der Waals surface area contributed by atoms with Crippen molar-refractivity contribution in [3.63, 3.8) is 0 Å². The highest BCUT2D eigenvalue weighted by Crippen LogP contribution is 2.23. The molecule has 0 radical (unpaired) electrons. The number of carbonyl (C=O) groups is 1. The summed E-state index contributed by atoms with van der Waals surface area (Å²) in [7, 11) is 0. The number of ketones is 1. The second-order valence-corrected chi connectivity index (χ2v) is 6.00. The first-order chi connectivity index (χ1) is 6.47. The van der Waals surface area contributed by atoms with E-state index in [2.05, 4.69) is 20.8 Å². The lowest BCUT2D eigenvalue weighted by Gasteiger charge is -2.16. The van der Waals surface area contributed by atoms with Crippen LogP contribution < -0.4 is 0 Å². The fourth-order valence-electron chi connectivity index (χ4n) is 0.956. The van der Waals surface area contributed by atoms with Crippen molar-refractivity contribution in [3.8, 4) is 0 Å². The van der Waals surface area contributed by atoms with Gasteiger partial charge in [0, 0.05) is 4.75 Å². The van der Waals surface area contributed by atoms with Crippen molar-refractivity contribution in [1.29, 1.82) is 0 Å². The maximum atomic E-state index is 11.5. The van der Waals surface area contributed by atoms with Crippen molar-refractivity contribution in [2.45, 2.75) is 31.9 Å². The highest BCUT2D eigenvalue weighted by atomic mass is 32.2. The third kappa shape index (κ3) is 4.51. The van der Waals surface area contributed by atoms with Crippen LogP contribution in [0.4, 0.5) is 0 Å². The molecule has 0 unspecified atom stereocenters. The van der Waals surface area contributed by atoms with Gasteiger partial charge in [0.05, 0.1) is 18.4 Å². The Hall–Kier alpha value is -0.700. The van der Waals surface area contributed by atoms with Gasteiger partial charge in [-0.2, -0.15) is 0 Å². The number of furan rings is 1. The van der Waals surface area contributed by atoms with Crippen LogP contribution in [-0.4, -0.2) is 16.3 Å². The first kappa shape index (κ1) is 11.4. The second-order valence-electron chi connectivity index (χ2n) is 4.20. The van der Waals surface area contributed by atoms with Crippen LogP contribution in [0.25, 0.3) is 0 Å². The number of rotatable bonds is 4. The summed E-state index contributed by atoms with van der Waals surface area (Å²) < 4.78 is 5.26. The average Bonchev–Trinajstić information content (AvgIpc) is 2.52. The summed E-state index contributed by atoms with van der Waals surface area (Å²) in [6.45, 7) is 6.33. The lowest BCUT2D eigenvalue weighted by molar-refractivity contribution is -0.116. The third-order valence-corrected chi connectivity index (χ3v) is 2.95. The van der Waals surface area contributed by atoms with Gasteiger partial charge >= 0.3 is 0 Å². The molecule has 0 aromatic carbocycles. The SMILES string of the molecule is CC(C)(C)SCC(=O)Cc1ccco1. The van der Waals surface area contributed by atoms with E-state index in [4.69, 9.17) is 4.42 Å². The lowest BCUT2D eigenvalue weighted by Crippen LogP contribution is -2.14. The Labute approximate surface area is 89.1 Å². The molecule has 1 aromatic heterocycles. The Balaban J connectivity index is 2.30. The first-order valence-corrected chi connectivity index (χ1v) is 5.64. The summed E-state index contributed by atoms with van der Waals surface area (Å²) in [6, 6.07) is 3.64. The molecule has 1 aromatic rings. The maximum Gasteiger partial charge on any atom is 0.150 e. The number of hydrogen-bond acceptors (Lipinski definition) is 3. The van der Waals surface area contributed by atoms with Crippen LogP contribution in [0, 0.1) is 0 Å². The lowest BCUT2D eigenvalue weighted by atomic mass is 10.2. The van der Waals surface area contributed by atoms with Gasteiger partial charge < -0.3 is 4.42 Å². The highest BCUT2D eigenvalue weighted by molar-refractivity contribution is 8.01. The van der Waals surface area contributed by atoms with Crippen LogP contribution >= 0.6 is 11.8 Å². The van der Waals surface area contributed by atoms with E-state index in [1.807, 2.05) is 6.07 Å². The molecule has 2 nitrogen and oxygen atoms in total. The van der Waals surface area contributed by atoms with Gasteiger partial charge in [-0.3, -0.25) is 4.79 Å². The van der Waals surface area contributed by atoms with E-state index in [0.29, 0.717) is 12.2 Å². The maximum absolute atomic E-state index is 11.5. The van der Waals surface area contributed by atoms with Crippen LogP contribution in [0.1, 0.15) is 26.5 Å². The predicted molar refractivity (Wildman–Crippen MR) is 59.6 cm³/mol. The Kier molecular flexibility index (Phi) is 3.81. The van der Waals surface area contributed by atoms with Gasteiger partial charge in [-0.15, -0.1) is 11.8 Å². The summed E-state index contributed by atoms with van der Waals surface area (Å²) in [5.41, 5.74) is 0. The molecule has 0 saturated carbocycles. The summed E-state index contributed by atoms with van der Waals surface area (Å²) in [5, 5.41) is 0. The van der Waals surface area contributed by atoms with Crippen LogP contribution in [0.15, 0.2) is 22.8 Å². The molecule has 0 aliphatic heterocycles. The van der Waals surface area contributed by atoms with Crippen molar-refractivity contribution < 1.29 is 9.21 Å². The van der Waals surface area contributed by atoms with Crippen molar-refractivity contribution in [2.24, 2.45) is 0 Å². The van der Waals surface area contributed by atoms with Gasteiger partial charge in [0.15, 0.2) is 0 Å². The summed E-state index contributed by atoms with van der Waals surface area (Å²) >= 11 is 1.67. The molecule has 1 heterocycles. The van der Waals surface area contributed by atoms with Gasteiger partial charge in [0.1, 0.15) is 11.5 Å². The van der Waals surface area contributed by atoms with Crippen molar-refractivity contribution in [2.75, 3.05) is 5.75 Å². The molecule has 3 heteroatoms. The van der Waals surface area contributed by atoms with Crippen LogP contribution in [0.5, 0.6) is 0 Å². The zero-order valence-electron chi connectivity index (χ0n) is 8.87. The van der Waals surface area contributed by atoms with E-state index >= 15 is 0 Å². The fourth-order valence-corrected chi connectivity index (χ4v) is 1.65. The molecule has 0 saturated heterocycles. The standard InChI is InChI=1S/C11H16O2S/c1-11(2,3)14-8-9(12)7-10-5-4-6-13-10/h4-6H,7-8H2,1-3H3. The molecule has 0 aliphatic carbocycles. The van der Waals surface area contributed by atoms with Gasteiger partial charge in [0.25, 0.3) is 0 Å². The average molecular weight is 212 g/mol. The summed E-state index contributed by atoms with van der Waals surface area (Å²) in [5.74, 6) is 1.54. The molecule has 0 atom stereocenters. The third-order valence-electron chi connectivity index (χ3n) is 1.62.